The first-order chi connectivity index (χ1) is 4.72. The van der Waals surface area contributed by atoms with Gasteiger partial charge in [-0.2, -0.15) is 0 Å². The molecule has 1 N–H and O–H groups in total. The Bertz CT molecular complexity index is 101. The average molecular weight is 146 g/mol. The van der Waals surface area contributed by atoms with E-state index in [4.69, 9.17) is 9.84 Å². The van der Waals surface area contributed by atoms with Gasteiger partial charge in [-0.05, 0) is 12.8 Å². The molecule has 3 heteroatoms. The predicted octanol–water partition coefficient (Wildman–Crippen LogP) is 1.28. The second-order valence-electron chi connectivity index (χ2n) is 2.11. The zero-order valence-corrected chi connectivity index (χ0v) is 6.46. The summed E-state index contributed by atoms with van der Waals surface area (Å²) in [5, 5.41) is 8.47. The van der Waals surface area contributed by atoms with Crippen molar-refractivity contribution in [1.29, 1.82) is 0 Å². The molecular formula is C7H14O3. The van der Waals surface area contributed by atoms with Crippen LogP contribution in [0.4, 0.5) is 0 Å². The van der Waals surface area contributed by atoms with E-state index in [1.807, 2.05) is 6.92 Å². The highest BCUT2D eigenvalue weighted by atomic mass is 16.5. The van der Waals surface area contributed by atoms with Crippen molar-refractivity contribution in [2.45, 2.75) is 32.8 Å². The molecule has 0 saturated carbocycles. The molecule has 0 aliphatic rings. The molecule has 0 radical (unpaired) electrons. The van der Waals surface area contributed by atoms with Crippen LogP contribution in [0.2, 0.25) is 0 Å². The van der Waals surface area contributed by atoms with Gasteiger partial charge in [0.2, 0.25) is 0 Å². The molecule has 0 aliphatic carbocycles. The van der Waals surface area contributed by atoms with Crippen LogP contribution < -0.4 is 0 Å². The molecule has 0 bridgehead atoms. The van der Waals surface area contributed by atoms with Gasteiger partial charge in [-0.15, -0.1) is 0 Å². The summed E-state index contributed by atoms with van der Waals surface area (Å²) in [7, 11) is 0. The Morgan fingerprint density at radius 3 is 2.50 bits per heavy atom. The van der Waals surface area contributed by atoms with Crippen molar-refractivity contribution < 1.29 is 14.6 Å². The monoisotopic (exact) mass is 146 g/mol. The fourth-order valence-electron chi connectivity index (χ4n) is 0.624. The highest BCUT2D eigenvalue weighted by molar-refractivity contribution is 5.72. The lowest BCUT2D eigenvalue weighted by Crippen LogP contribution is -2.23. The van der Waals surface area contributed by atoms with Crippen molar-refractivity contribution in [3.8, 4) is 0 Å². The molecule has 0 rings (SSSR count). The largest absolute Gasteiger partial charge is 0.479 e. The SMILES string of the molecule is CCCOC(CC)C(=O)O. The first-order valence-electron chi connectivity index (χ1n) is 3.56. The number of carbonyl (C=O) groups is 1. The first-order valence-corrected chi connectivity index (χ1v) is 3.56. The van der Waals surface area contributed by atoms with E-state index in [1.54, 1.807) is 6.92 Å². The molecule has 60 valence electrons. The van der Waals surface area contributed by atoms with Crippen molar-refractivity contribution in [2.75, 3.05) is 6.61 Å². The highest BCUT2D eigenvalue weighted by Crippen LogP contribution is 1.98. The molecule has 1 unspecified atom stereocenters. The normalized spacial score (nSPS) is 13.0. The quantitative estimate of drug-likeness (QED) is 0.635. The lowest BCUT2D eigenvalue weighted by atomic mass is 10.3. The zero-order valence-electron chi connectivity index (χ0n) is 6.46. The topological polar surface area (TPSA) is 46.5 Å². The third-order valence-electron chi connectivity index (χ3n) is 1.17. The van der Waals surface area contributed by atoms with Gasteiger partial charge in [0.05, 0.1) is 0 Å². The number of aliphatic carboxylic acids is 1. The van der Waals surface area contributed by atoms with Crippen molar-refractivity contribution in [3.63, 3.8) is 0 Å². The molecule has 0 spiro atoms. The highest BCUT2D eigenvalue weighted by Gasteiger charge is 2.13. The van der Waals surface area contributed by atoms with Crippen LogP contribution in [-0.2, 0) is 9.53 Å². The lowest BCUT2D eigenvalue weighted by Gasteiger charge is -2.09. The Morgan fingerprint density at radius 2 is 2.20 bits per heavy atom. The number of rotatable bonds is 5. The van der Waals surface area contributed by atoms with Crippen LogP contribution >= 0.6 is 0 Å². The number of carboxylic acid groups (broad SMARTS) is 1. The number of hydrogen-bond acceptors (Lipinski definition) is 2. The molecule has 3 nitrogen and oxygen atoms in total. The minimum Gasteiger partial charge on any atom is -0.479 e. The predicted molar refractivity (Wildman–Crippen MR) is 38.0 cm³/mol. The molecule has 0 heterocycles. The summed E-state index contributed by atoms with van der Waals surface area (Å²) in [6.45, 7) is 4.29. The molecule has 0 fully saturated rings. The smallest absolute Gasteiger partial charge is 0.332 e. The van der Waals surface area contributed by atoms with Gasteiger partial charge in [0.15, 0.2) is 6.10 Å². The van der Waals surface area contributed by atoms with Crippen LogP contribution in [0.25, 0.3) is 0 Å². The van der Waals surface area contributed by atoms with Crippen molar-refractivity contribution >= 4 is 5.97 Å². The second-order valence-corrected chi connectivity index (χ2v) is 2.11. The molecule has 0 aromatic rings. The molecule has 0 saturated heterocycles. The van der Waals surface area contributed by atoms with E-state index in [1.165, 1.54) is 0 Å². The van der Waals surface area contributed by atoms with Gasteiger partial charge in [-0.3, -0.25) is 0 Å². The van der Waals surface area contributed by atoms with Crippen LogP contribution in [0.15, 0.2) is 0 Å². The zero-order chi connectivity index (χ0) is 7.98. The Morgan fingerprint density at radius 1 is 1.60 bits per heavy atom. The Hall–Kier alpha value is -0.570. The Kier molecular flexibility index (Phi) is 4.94. The Labute approximate surface area is 61.0 Å². The molecule has 0 aliphatic heterocycles. The lowest BCUT2D eigenvalue weighted by molar-refractivity contribution is -0.150. The van der Waals surface area contributed by atoms with Crippen LogP contribution in [0.5, 0.6) is 0 Å². The van der Waals surface area contributed by atoms with Crippen molar-refractivity contribution in [3.05, 3.63) is 0 Å². The molecule has 0 amide bonds. The van der Waals surface area contributed by atoms with Gasteiger partial charge in [-0.25, -0.2) is 4.79 Å². The van der Waals surface area contributed by atoms with Crippen LogP contribution in [0, 0.1) is 0 Å². The summed E-state index contributed by atoms with van der Waals surface area (Å²) < 4.78 is 5.00. The Balaban J connectivity index is 3.50. The maximum absolute atomic E-state index is 10.3. The third kappa shape index (κ3) is 3.45. The van der Waals surface area contributed by atoms with Crippen molar-refractivity contribution in [2.24, 2.45) is 0 Å². The van der Waals surface area contributed by atoms with E-state index in [2.05, 4.69) is 0 Å². The molecule has 0 aromatic heterocycles. The fraction of sp³-hybridized carbons (Fsp3) is 0.857. The van der Waals surface area contributed by atoms with Gasteiger partial charge in [0, 0.05) is 6.61 Å². The maximum Gasteiger partial charge on any atom is 0.332 e. The molecular weight excluding hydrogens is 132 g/mol. The minimum absolute atomic E-state index is 0.533. The van der Waals surface area contributed by atoms with E-state index in [0.717, 1.165) is 6.42 Å². The number of carboxylic acids is 1. The molecule has 10 heavy (non-hydrogen) atoms. The first kappa shape index (κ1) is 9.43. The summed E-state index contributed by atoms with van der Waals surface area (Å²) in [4.78, 5) is 10.3. The van der Waals surface area contributed by atoms with Gasteiger partial charge >= 0.3 is 5.97 Å². The summed E-state index contributed by atoms with van der Waals surface area (Å²) >= 11 is 0. The molecule has 1 atom stereocenters. The number of ether oxygens (including phenoxy) is 1. The van der Waals surface area contributed by atoms with E-state index in [9.17, 15) is 4.79 Å². The van der Waals surface area contributed by atoms with Gasteiger partial charge in [0.25, 0.3) is 0 Å². The summed E-state index contributed by atoms with van der Waals surface area (Å²) in [6.07, 6.45) is 0.791. The number of hydrogen-bond donors (Lipinski definition) is 1. The summed E-state index contributed by atoms with van der Waals surface area (Å²) in [5.74, 6) is -0.865. The van der Waals surface area contributed by atoms with Crippen LogP contribution in [0.3, 0.4) is 0 Å². The van der Waals surface area contributed by atoms with Crippen LogP contribution in [0.1, 0.15) is 26.7 Å². The third-order valence-corrected chi connectivity index (χ3v) is 1.17. The maximum atomic E-state index is 10.3. The minimum atomic E-state index is -0.865. The van der Waals surface area contributed by atoms with Gasteiger partial charge in [-0.1, -0.05) is 13.8 Å². The summed E-state index contributed by atoms with van der Waals surface area (Å²) in [5.41, 5.74) is 0. The average Bonchev–Trinajstić information content (AvgIpc) is 1.89. The van der Waals surface area contributed by atoms with E-state index < -0.39 is 12.1 Å². The van der Waals surface area contributed by atoms with E-state index >= 15 is 0 Å². The standard InChI is InChI=1S/C7H14O3/c1-3-5-10-6(4-2)7(8)9/h6H,3-5H2,1-2H3,(H,8,9). The van der Waals surface area contributed by atoms with E-state index in [-0.39, 0.29) is 0 Å². The van der Waals surface area contributed by atoms with E-state index in [0.29, 0.717) is 13.0 Å². The summed E-state index contributed by atoms with van der Waals surface area (Å²) in [6, 6.07) is 0. The van der Waals surface area contributed by atoms with Gasteiger partial charge < -0.3 is 9.84 Å². The van der Waals surface area contributed by atoms with Crippen molar-refractivity contribution in [1.82, 2.24) is 0 Å². The fourth-order valence-corrected chi connectivity index (χ4v) is 0.624. The van der Waals surface area contributed by atoms with Crippen LogP contribution in [-0.4, -0.2) is 23.8 Å². The van der Waals surface area contributed by atoms with Gasteiger partial charge in [0.1, 0.15) is 0 Å². The second kappa shape index (κ2) is 5.23. The molecule has 0 aromatic carbocycles.